The predicted molar refractivity (Wildman–Crippen MR) is 88.8 cm³/mol. The Morgan fingerprint density at radius 2 is 1.96 bits per heavy atom. The van der Waals surface area contributed by atoms with Crippen molar-refractivity contribution < 1.29 is 13.2 Å². The average Bonchev–Trinajstić information content (AvgIpc) is 3.23. The van der Waals surface area contributed by atoms with Crippen molar-refractivity contribution >= 4 is 21.7 Å². The third-order valence-electron chi connectivity index (χ3n) is 3.72. The Morgan fingerprint density at radius 3 is 2.54 bits per heavy atom. The van der Waals surface area contributed by atoms with Crippen molar-refractivity contribution in [1.82, 2.24) is 9.78 Å². The summed E-state index contributed by atoms with van der Waals surface area (Å²) in [6.07, 6.45) is 4.31. The van der Waals surface area contributed by atoms with E-state index in [1.165, 1.54) is 16.9 Å². The SMILES string of the molecule is CS(=O)(=O)c1ccccc1-n1ncc(C(=O)N=C(N)N)c1C1CC1. The van der Waals surface area contributed by atoms with Gasteiger partial charge < -0.3 is 11.5 Å². The van der Waals surface area contributed by atoms with Crippen LogP contribution in [0.4, 0.5) is 0 Å². The molecule has 9 heteroatoms. The number of hydrogen-bond donors (Lipinski definition) is 2. The van der Waals surface area contributed by atoms with Crippen LogP contribution in [0, 0.1) is 0 Å². The summed E-state index contributed by atoms with van der Waals surface area (Å²) in [7, 11) is -3.45. The van der Waals surface area contributed by atoms with Crippen molar-refractivity contribution in [2.75, 3.05) is 6.26 Å². The fourth-order valence-corrected chi connectivity index (χ4v) is 3.45. The summed E-state index contributed by atoms with van der Waals surface area (Å²) in [4.78, 5) is 15.9. The number of carbonyl (C=O) groups excluding carboxylic acids is 1. The maximum Gasteiger partial charge on any atom is 0.283 e. The van der Waals surface area contributed by atoms with Crippen LogP contribution >= 0.6 is 0 Å². The third kappa shape index (κ3) is 3.02. The van der Waals surface area contributed by atoms with E-state index in [1.54, 1.807) is 18.2 Å². The lowest BCUT2D eigenvalue weighted by Crippen LogP contribution is -2.24. The van der Waals surface area contributed by atoms with Crippen LogP contribution in [0.2, 0.25) is 0 Å². The smallest absolute Gasteiger partial charge is 0.283 e. The van der Waals surface area contributed by atoms with E-state index in [2.05, 4.69) is 10.1 Å². The van der Waals surface area contributed by atoms with Crippen LogP contribution in [0.1, 0.15) is 34.8 Å². The monoisotopic (exact) mass is 347 g/mol. The molecule has 0 unspecified atom stereocenters. The van der Waals surface area contributed by atoms with Crippen molar-refractivity contribution in [3.63, 3.8) is 0 Å². The molecule has 4 N–H and O–H groups in total. The van der Waals surface area contributed by atoms with Crippen LogP contribution in [0.3, 0.4) is 0 Å². The minimum atomic E-state index is -3.45. The Labute approximate surface area is 139 Å². The van der Waals surface area contributed by atoms with Gasteiger partial charge in [-0.25, -0.2) is 13.1 Å². The fourth-order valence-electron chi connectivity index (χ4n) is 2.59. The summed E-state index contributed by atoms with van der Waals surface area (Å²) >= 11 is 0. The molecule has 3 rings (SSSR count). The molecule has 24 heavy (non-hydrogen) atoms. The normalized spacial score (nSPS) is 14.4. The molecule has 0 spiro atoms. The number of rotatable bonds is 4. The fraction of sp³-hybridized carbons (Fsp3) is 0.267. The number of nitrogens with zero attached hydrogens (tertiary/aromatic N) is 3. The summed E-state index contributed by atoms with van der Waals surface area (Å²) in [5, 5.41) is 4.23. The van der Waals surface area contributed by atoms with Gasteiger partial charge in [0.15, 0.2) is 15.8 Å². The number of hydrogen-bond acceptors (Lipinski definition) is 4. The van der Waals surface area contributed by atoms with Crippen LogP contribution in [0.15, 0.2) is 40.4 Å². The second-order valence-corrected chi connectivity index (χ2v) is 7.70. The molecule has 1 aromatic heterocycles. The molecule has 126 valence electrons. The highest BCUT2D eigenvalue weighted by Gasteiger charge is 2.33. The molecule has 0 bridgehead atoms. The second-order valence-electron chi connectivity index (χ2n) is 5.71. The first-order valence-corrected chi connectivity index (χ1v) is 9.19. The van der Waals surface area contributed by atoms with Gasteiger partial charge in [-0.3, -0.25) is 4.79 Å². The Kier molecular flexibility index (Phi) is 3.88. The molecule has 0 radical (unpaired) electrons. The Bertz CT molecular complexity index is 938. The van der Waals surface area contributed by atoms with Gasteiger partial charge in [0, 0.05) is 12.2 Å². The van der Waals surface area contributed by atoms with Crippen LogP contribution < -0.4 is 11.5 Å². The Balaban J connectivity index is 2.20. The van der Waals surface area contributed by atoms with E-state index in [0.29, 0.717) is 11.4 Å². The van der Waals surface area contributed by atoms with Gasteiger partial charge in [0.1, 0.15) is 0 Å². The molecule has 8 nitrogen and oxygen atoms in total. The van der Waals surface area contributed by atoms with E-state index in [1.807, 2.05) is 0 Å². The maximum absolute atomic E-state index is 12.2. The van der Waals surface area contributed by atoms with Gasteiger partial charge in [-0.15, -0.1) is 0 Å². The molecule has 1 aliphatic carbocycles. The lowest BCUT2D eigenvalue weighted by atomic mass is 10.1. The van der Waals surface area contributed by atoms with Crippen molar-refractivity contribution in [2.45, 2.75) is 23.7 Å². The van der Waals surface area contributed by atoms with Gasteiger partial charge in [0.2, 0.25) is 0 Å². The zero-order chi connectivity index (χ0) is 17.5. The van der Waals surface area contributed by atoms with Gasteiger partial charge in [0.25, 0.3) is 5.91 Å². The topological polar surface area (TPSA) is 133 Å². The molecule has 1 heterocycles. The van der Waals surface area contributed by atoms with E-state index in [9.17, 15) is 13.2 Å². The molecular formula is C15H17N5O3S. The average molecular weight is 347 g/mol. The first kappa shape index (κ1) is 16.2. The third-order valence-corrected chi connectivity index (χ3v) is 4.87. The maximum atomic E-state index is 12.2. The highest BCUT2D eigenvalue weighted by Crippen LogP contribution is 2.43. The number of guanidine groups is 1. The number of aromatic nitrogens is 2. The molecule has 0 saturated heterocycles. The summed E-state index contributed by atoms with van der Waals surface area (Å²) < 4.78 is 25.6. The number of sulfone groups is 1. The van der Waals surface area contributed by atoms with Crippen LogP contribution in [-0.2, 0) is 9.84 Å². The van der Waals surface area contributed by atoms with Gasteiger partial charge in [-0.1, -0.05) is 12.1 Å². The molecule has 2 aromatic rings. The predicted octanol–water partition coefficient (Wildman–Crippen LogP) is 0.567. The number of para-hydroxylation sites is 1. The zero-order valence-electron chi connectivity index (χ0n) is 13.0. The summed E-state index contributed by atoms with van der Waals surface area (Å²) in [6, 6.07) is 6.54. The number of amides is 1. The molecule has 0 aliphatic heterocycles. The van der Waals surface area contributed by atoms with Gasteiger partial charge >= 0.3 is 0 Å². The standard InChI is InChI=1S/C15H17N5O3S/c1-24(22,23)12-5-3-2-4-11(12)20-13(9-6-7-9)10(8-18-20)14(21)19-15(16)17/h2-5,8-9H,6-7H2,1H3,(H4,16,17,19,21). The highest BCUT2D eigenvalue weighted by molar-refractivity contribution is 7.90. The van der Waals surface area contributed by atoms with E-state index in [4.69, 9.17) is 11.5 Å². The largest absolute Gasteiger partial charge is 0.370 e. The van der Waals surface area contributed by atoms with Gasteiger partial charge in [-0.05, 0) is 25.0 Å². The molecular weight excluding hydrogens is 330 g/mol. The molecule has 1 amide bonds. The molecule has 0 atom stereocenters. The van der Waals surface area contributed by atoms with Crippen molar-refractivity contribution in [3.8, 4) is 5.69 Å². The minimum absolute atomic E-state index is 0.133. The number of carbonyl (C=O) groups is 1. The van der Waals surface area contributed by atoms with Crippen molar-refractivity contribution in [3.05, 3.63) is 41.7 Å². The van der Waals surface area contributed by atoms with Crippen molar-refractivity contribution in [1.29, 1.82) is 0 Å². The van der Waals surface area contributed by atoms with Crippen LogP contribution in [-0.4, -0.2) is 36.3 Å². The van der Waals surface area contributed by atoms with E-state index < -0.39 is 15.7 Å². The summed E-state index contributed by atoms with van der Waals surface area (Å²) in [5.41, 5.74) is 11.9. The number of aliphatic imine (C=N–C) groups is 1. The highest BCUT2D eigenvalue weighted by atomic mass is 32.2. The number of benzene rings is 1. The first-order chi connectivity index (χ1) is 11.3. The van der Waals surface area contributed by atoms with Crippen molar-refractivity contribution in [2.24, 2.45) is 16.5 Å². The van der Waals surface area contributed by atoms with Gasteiger partial charge in [0.05, 0.1) is 28.0 Å². The van der Waals surface area contributed by atoms with Crippen LogP contribution in [0.5, 0.6) is 0 Å². The minimum Gasteiger partial charge on any atom is -0.370 e. The summed E-state index contributed by atoms with van der Waals surface area (Å²) in [6.45, 7) is 0. The number of nitrogens with two attached hydrogens (primary N) is 2. The molecule has 1 saturated carbocycles. The second kappa shape index (κ2) is 5.75. The first-order valence-electron chi connectivity index (χ1n) is 7.30. The molecule has 1 aliphatic rings. The summed E-state index contributed by atoms with van der Waals surface area (Å²) in [5.74, 6) is -0.778. The molecule has 1 aromatic carbocycles. The van der Waals surface area contributed by atoms with E-state index in [0.717, 1.165) is 19.1 Å². The van der Waals surface area contributed by atoms with E-state index in [-0.39, 0.29) is 22.3 Å². The van der Waals surface area contributed by atoms with Crippen LogP contribution in [0.25, 0.3) is 5.69 Å². The molecule has 1 fully saturated rings. The zero-order valence-corrected chi connectivity index (χ0v) is 13.8. The Hall–Kier alpha value is -2.68. The lowest BCUT2D eigenvalue weighted by Gasteiger charge is -2.11. The quantitative estimate of drug-likeness (QED) is 0.613. The van der Waals surface area contributed by atoms with Gasteiger partial charge in [-0.2, -0.15) is 10.1 Å². The van der Waals surface area contributed by atoms with E-state index >= 15 is 0 Å². The Morgan fingerprint density at radius 1 is 1.29 bits per heavy atom. The lowest BCUT2D eigenvalue weighted by molar-refractivity contribution is 0.100.